The van der Waals surface area contributed by atoms with Gasteiger partial charge in [-0.05, 0) is 30.5 Å². The largest absolute Gasteiger partial charge is 0.573 e. The minimum atomic E-state index is -4.73. The molecule has 3 atom stereocenters. The first kappa shape index (κ1) is 18.4. The second-order valence-electron chi connectivity index (χ2n) is 7.22. The van der Waals surface area contributed by atoms with Crippen LogP contribution in [-0.2, 0) is 4.79 Å². The molecule has 1 spiro atoms. The van der Waals surface area contributed by atoms with Gasteiger partial charge >= 0.3 is 6.36 Å². The van der Waals surface area contributed by atoms with Crippen LogP contribution in [0.2, 0.25) is 0 Å². The molecule has 2 heterocycles. The van der Waals surface area contributed by atoms with Gasteiger partial charge < -0.3 is 14.5 Å². The third-order valence-corrected chi connectivity index (χ3v) is 5.76. The normalized spacial score (nSPS) is 30.7. The molecule has 3 unspecified atom stereocenters. The molecule has 4 rings (SSSR count). The highest BCUT2D eigenvalue weighted by Crippen LogP contribution is 2.48. The SMILES string of the molecule is CN1C=C(Cl)N2C(c3ccc(OC(F)(F)F)cc3)NC3CCCC(=O)C32C1. The maximum Gasteiger partial charge on any atom is 0.573 e. The lowest BCUT2D eigenvalue weighted by molar-refractivity contribution is -0.274. The zero-order chi connectivity index (χ0) is 19.4. The quantitative estimate of drug-likeness (QED) is 0.770. The summed E-state index contributed by atoms with van der Waals surface area (Å²) >= 11 is 6.54. The summed E-state index contributed by atoms with van der Waals surface area (Å²) in [5.74, 6) is -0.142. The number of nitrogens with zero attached hydrogens (tertiary/aromatic N) is 2. The van der Waals surface area contributed by atoms with E-state index < -0.39 is 18.1 Å². The van der Waals surface area contributed by atoms with Crippen LogP contribution in [0, 0.1) is 0 Å². The summed E-state index contributed by atoms with van der Waals surface area (Å²) < 4.78 is 41.1. The summed E-state index contributed by atoms with van der Waals surface area (Å²) in [7, 11) is 1.88. The zero-order valence-electron chi connectivity index (χ0n) is 14.6. The molecule has 0 aromatic heterocycles. The first-order valence-electron chi connectivity index (χ1n) is 8.73. The highest BCUT2D eigenvalue weighted by Gasteiger charge is 2.61. The number of hydrogen-bond acceptors (Lipinski definition) is 5. The van der Waals surface area contributed by atoms with Crippen molar-refractivity contribution in [1.82, 2.24) is 15.1 Å². The topological polar surface area (TPSA) is 44.8 Å². The van der Waals surface area contributed by atoms with Gasteiger partial charge in [-0.25, -0.2) is 0 Å². The van der Waals surface area contributed by atoms with Gasteiger partial charge in [0.15, 0.2) is 5.78 Å². The number of rotatable bonds is 2. The van der Waals surface area contributed by atoms with Crippen LogP contribution < -0.4 is 10.1 Å². The number of benzene rings is 1. The Morgan fingerprint density at radius 1 is 1.30 bits per heavy atom. The van der Waals surface area contributed by atoms with Crippen LogP contribution in [0.3, 0.4) is 0 Å². The van der Waals surface area contributed by atoms with E-state index in [4.69, 9.17) is 11.6 Å². The van der Waals surface area contributed by atoms with Crippen molar-refractivity contribution < 1.29 is 22.7 Å². The third-order valence-electron chi connectivity index (χ3n) is 5.48. The Bertz CT molecular complexity index is 783. The van der Waals surface area contributed by atoms with Crippen LogP contribution in [0.25, 0.3) is 0 Å². The van der Waals surface area contributed by atoms with E-state index in [0.717, 1.165) is 18.4 Å². The van der Waals surface area contributed by atoms with Gasteiger partial charge in [-0.1, -0.05) is 23.7 Å². The Morgan fingerprint density at radius 2 is 2.00 bits per heavy atom. The number of alkyl halides is 3. The van der Waals surface area contributed by atoms with Gasteiger partial charge in [-0.15, -0.1) is 13.2 Å². The smallest absolute Gasteiger partial charge is 0.406 e. The minimum absolute atomic E-state index is 0.0697. The van der Waals surface area contributed by atoms with Crippen molar-refractivity contribution in [3.05, 3.63) is 41.2 Å². The predicted octanol–water partition coefficient (Wildman–Crippen LogP) is 3.33. The number of Topliss-reactive ketones (excluding diaryl/α,β-unsaturated/α-hetero) is 1. The Kier molecular flexibility index (Phi) is 4.31. The lowest BCUT2D eigenvalue weighted by Gasteiger charge is -2.49. The van der Waals surface area contributed by atoms with E-state index in [1.807, 2.05) is 16.8 Å². The molecule has 1 aliphatic carbocycles. The maximum absolute atomic E-state index is 13.0. The van der Waals surface area contributed by atoms with Crippen molar-refractivity contribution >= 4 is 17.4 Å². The molecule has 1 saturated carbocycles. The number of halogens is 4. The van der Waals surface area contributed by atoms with E-state index in [9.17, 15) is 18.0 Å². The maximum atomic E-state index is 13.0. The fraction of sp³-hybridized carbons (Fsp3) is 0.500. The van der Waals surface area contributed by atoms with Crippen molar-refractivity contribution in [3.8, 4) is 5.75 Å². The molecular formula is C18H19ClF3N3O2. The number of nitrogens with one attached hydrogen (secondary N) is 1. The molecule has 0 radical (unpaired) electrons. The van der Waals surface area contributed by atoms with Crippen LogP contribution in [0.15, 0.2) is 35.6 Å². The first-order valence-corrected chi connectivity index (χ1v) is 9.10. The average molecular weight is 402 g/mol. The van der Waals surface area contributed by atoms with Crippen molar-refractivity contribution in [3.63, 3.8) is 0 Å². The molecular weight excluding hydrogens is 383 g/mol. The summed E-state index contributed by atoms with van der Waals surface area (Å²) in [6.45, 7) is 0.519. The van der Waals surface area contributed by atoms with E-state index >= 15 is 0 Å². The van der Waals surface area contributed by atoms with Crippen molar-refractivity contribution in [2.75, 3.05) is 13.6 Å². The van der Waals surface area contributed by atoms with E-state index in [1.165, 1.54) is 12.1 Å². The van der Waals surface area contributed by atoms with Crippen molar-refractivity contribution in [1.29, 1.82) is 0 Å². The molecule has 1 saturated heterocycles. The molecule has 0 bridgehead atoms. The molecule has 1 aromatic rings. The van der Waals surface area contributed by atoms with E-state index in [-0.39, 0.29) is 17.6 Å². The van der Waals surface area contributed by atoms with Crippen LogP contribution in [0.1, 0.15) is 31.0 Å². The summed E-state index contributed by atoms with van der Waals surface area (Å²) in [4.78, 5) is 16.8. The van der Waals surface area contributed by atoms with Crippen LogP contribution in [-0.4, -0.2) is 47.1 Å². The van der Waals surface area contributed by atoms with Gasteiger partial charge in [-0.3, -0.25) is 10.1 Å². The van der Waals surface area contributed by atoms with Gasteiger partial charge in [0.05, 0.1) is 0 Å². The molecule has 9 heteroatoms. The number of ether oxygens (including phenoxy) is 1. The standard InChI is InChI=1S/C18H19ClF3N3O2/c1-24-9-15(19)25-16(11-5-7-12(8-6-11)27-18(20,21)22)23-13-3-2-4-14(26)17(13,25)10-24/h5-9,13,16,23H,2-4,10H2,1H3. The Hall–Kier alpha value is -1.93. The van der Waals surface area contributed by atoms with Gasteiger partial charge in [0.1, 0.15) is 22.6 Å². The minimum Gasteiger partial charge on any atom is -0.406 e. The molecule has 1 N–H and O–H groups in total. The number of carbonyl (C=O) groups is 1. The van der Waals surface area contributed by atoms with E-state index in [2.05, 4.69) is 10.1 Å². The van der Waals surface area contributed by atoms with E-state index in [0.29, 0.717) is 18.1 Å². The lowest BCUT2D eigenvalue weighted by Crippen LogP contribution is -2.65. The van der Waals surface area contributed by atoms with Crippen LogP contribution in [0.5, 0.6) is 5.75 Å². The third kappa shape index (κ3) is 3.04. The van der Waals surface area contributed by atoms with Gasteiger partial charge in [0.2, 0.25) is 0 Å². The van der Waals surface area contributed by atoms with Gasteiger partial charge in [0, 0.05) is 32.3 Å². The average Bonchev–Trinajstić information content (AvgIpc) is 2.91. The lowest BCUT2D eigenvalue weighted by atomic mass is 9.75. The molecule has 5 nitrogen and oxygen atoms in total. The summed E-state index contributed by atoms with van der Waals surface area (Å²) in [6, 6.07) is 5.61. The highest BCUT2D eigenvalue weighted by molar-refractivity contribution is 6.29. The monoisotopic (exact) mass is 401 g/mol. The Labute approximate surface area is 159 Å². The Balaban J connectivity index is 1.70. The van der Waals surface area contributed by atoms with Crippen molar-refractivity contribution in [2.45, 2.75) is 43.4 Å². The predicted molar refractivity (Wildman–Crippen MR) is 92.8 cm³/mol. The fourth-order valence-corrected chi connectivity index (χ4v) is 4.91. The number of likely N-dealkylation sites (N-methyl/N-ethyl adjacent to an activating group) is 1. The van der Waals surface area contributed by atoms with Gasteiger partial charge in [-0.2, -0.15) is 0 Å². The summed E-state index contributed by atoms with van der Waals surface area (Å²) in [5, 5.41) is 3.92. The fourth-order valence-electron chi connectivity index (χ4n) is 4.49. The molecule has 0 amide bonds. The summed E-state index contributed by atoms with van der Waals surface area (Å²) in [5.41, 5.74) is -0.0350. The highest BCUT2D eigenvalue weighted by atomic mass is 35.5. The van der Waals surface area contributed by atoms with Crippen LogP contribution in [0.4, 0.5) is 13.2 Å². The number of hydrogen-bond donors (Lipinski definition) is 1. The zero-order valence-corrected chi connectivity index (χ0v) is 15.3. The second kappa shape index (κ2) is 6.31. The number of carbonyl (C=O) groups excluding carboxylic acids is 1. The molecule has 3 aliphatic rings. The first-order chi connectivity index (χ1) is 12.7. The van der Waals surface area contributed by atoms with Gasteiger partial charge in [0.25, 0.3) is 0 Å². The molecule has 27 heavy (non-hydrogen) atoms. The summed E-state index contributed by atoms with van der Waals surface area (Å²) in [6.07, 6.45) is -1.21. The number of ketones is 1. The molecule has 2 aliphatic heterocycles. The van der Waals surface area contributed by atoms with Crippen molar-refractivity contribution in [2.24, 2.45) is 0 Å². The molecule has 2 fully saturated rings. The molecule has 146 valence electrons. The van der Waals surface area contributed by atoms with Crippen LogP contribution >= 0.6 is 11.6 Å². The molecule has 1 aromatic carbocycles. The second-order valence-corrected chi connectivity index (χ2v) is 7.60. The van der Waals surface area contributed by atoms with E-state index in [1.54, 1.807) is 18.3 Å². The Morgan fingerprint density at radius 3 is 2.67 bits per heavy atom.